The molecule has 1 unspecified atom stereocenters. The van der Waals surface area contributed by atoms with Gasteiger partial charge >= 0.3 is 0 Å². The van der Waals surface area contributed by atoms with Crippen LogP contribution in [-0.4, -0.2) is 31.6 Å². The average Bonchev–Trinajstić information content (AvgIpc) is 2.90. The second-order valence-corrected chi connectivity index (χ2v) is 5.60. The molecule has 0 aromatic heterocycles. The maximum atomic E-state index is 12.8. The summed E-state index contributed by atoms with van der Waals surface area (Å²) in [6.45, 7) is 2.41. The number of carbonyl (C=O) groups is 2. The van der Waals surface area contributed by atoms with Crippen molar-refractivity contribution >= 4 is 23.2 Å². The monoisotopic (exact) mass is 340 g/mol. The summed E-state index contributed by atoms with van der Waals surface area (Å²) in [6, 6.07) is 13.7. The van der Waals surface area contributed by atoms with Gasteiger partial charge in [-0.25, -0.2) is 4.90 Å². The van der Waals surface area contributed by atoms with E-state index in [1.165, 1.54) is 4.90 Å². The molecule has 1 aliphatic rings. The molecule has 6 nitrogen and oxygen atoms in total. The van der Waals surface area contributed by atoms with Gasteiger partial charge in [-0.05, 0) is 31.2 Å². The van der Waals surface area contributed by atoms with E-state index in [1.54, 1.807) is 31.4 Å². The van der Waals surface area contributed by atoms with Gasteiger partial charge in [0, 0.05) is 6.07 Å². The summed E-state index contributed by atoms with van der Waals surface area (Å²) in [7, 11) is 1.54. The molecule has 1 atom stereocenters. The van der Waals surface area contributed by atoms with Crippen LogP contribution in [0, 0.1) is 0 Å². The quantitative estimate of drug-likeness (QED) is 0.819. The van der Waals surface area contributed by atoms with Gasteiger partial charge in [-0.3, -0.25) is 9.59 Å². The van der Waals surface area contributed by atoms with Crippen molar-refractivity contribution in [3.05, 3.63) is 48.5 Å². The molecule has 6 heteroatoms. The van der Waals surface area contributed by atoms with E-state index in [0.29, 0.717) is 29.5 Å². The Labute approximate surface area is 146 Å². The van der Waals surface area contributed by atoms with Gasteiger partial charge in [-0.15, -0.1) is 0 Å². The number of para-hydroxylation sites is 2. The van der Waals surface area contributed by atoms with Crippen molar-refractivity contribution in [2.75, 3.05) is 23.9 Å². The fourth-order valence-electron chi connectivity index (χ4n) is 2.82. The van der Waals surface area contributed by atoms with Crippen molar-refractivity contribution in [1.29, 1.82) is 0 Å². The molecule has 0 radical (unpaired) electrons. The number of rotatable bonds is 6. The van der Waals surface area contributed by atoms with Gasteiger partial charge in [-0.1, -0.05) is 18.2 Å². The number of methoxy groups -OCH3 is 1. The van der Waals surface area contributed by atoms with Gasteiger partial charge in [0.25, 0.3) is 5.91 Å². The van der Waals surface area contributed by atoms with Crippen LogP contribution in [0.1, 0.15) is 13.3 Å². The van der Waals surface area contributed by atoms with Gasteiger partial charge < -0.3 is 14.8 Å². The Balaban J connectivity index is 1.82. The molecular formula is C19H20N2O4. The highest BCUT2D eigenvalue weighted by Crippen LogP contribution is 2.30. The van der Waals surface area contributed by atoms with E-state index in [4.69, 9.17) is 9.47 Å². The zero-order valence-electron chi connectivity index (χ0n) is 14.2. The molecule has 1 fully saturated rings. The Morgan fingerprint density at radius 1 is 1.16 bits per heavy atom. The zero-order chi connectivity index (χ0) is 17.8. The van der Waals surface area contributed by atoms with E-state index >= 15 is 0 Å². The summed E-state index contributed by atoms with van der Waals surface area (Å²) in [5, 5.41) is 3.13. The van der Waals surface area contributed by atoms with E-state index in [9.17, 15) is 9.59 Å². The molecule has 0 spiro atoms. The van der Waals surface area contributed by atoms with Gasteiger partial charge in [-0.2, -0.15) is 0 Å². The van der Waals surface area contributed by atoms with Crippen LogP contribution in [0.2, 0.25) is 0 Å². The first kappa shape index (κ1) is 16.8. The second kappa shape index (κ2) is 7.25. The highest BCUT2D eigenvalue weighted by molar-refractivity contribution is 6.23. The molecule has 0 bridgehead atoms. The lowest BCUT2D eigenvalue weighted by Gasteiger charge is -2.18. The van der Waals surface area contributed by atoms with E-state index in [1.807, 2.05) is 31.2 Å². The number of hydrogen-bond acceptors (Lipinski definition) is 5. The number of imide groups is 1. The van der Waals surface area contributed by atoms with Crippen molar-refractivity contribution in [2.24, 2.45) is 0 Å². The number of anilines is 2. The standard InChI is InChI=1S/C19H20N2O4/c1-3-25-17-10-5-4-9-15(17)20-16-12-18(22)21(19(16)23)13-7-6-8-14(11-13)24-2/h4-11,16,20H,3,12H2,1-2H3. The molecule has 130 valence electrons. The third-order valence-electron chi connectivity index (χ3n) is 3.97. The summed E-state index contributed by atoms with van der Waals surface area (Å²) in [5.74, 6) is 0.718. The molecule has 1 N–H and O–H groups in total. The minimum absolute atomic E-state index is 0.0938. The Hall–Kier alpha value is -3.02. The van der Waals surface area contributed by atoms with Crippen LogP contribution in [0.5, 0.6) is 11.5 Å². The highest BCUT2D eigenvalue weighted by atomic mass is 16.5. The SMILES string of the molecule is CCOc1ccccc1NC1CC(=O)N(c2cccc(OC)c2)C1=O. The maximum absolute atomic E-state index is 12.8. The van der Waals surface area contributed by atoms with Gasteiger partial charge in [0.15, 0.2) is 0 Å². The molecule has 1 heterocycles. The maximum Gasteiger partial charge on any atom is 0.256 e. The molecular weight excluding hydrogens is 320 g/mol. The lowest BCUT2D eigenvalue weighted by Crippen LogP contribution is -2.34. The Morgan fingerprint density at radius 2 is 1.96 bits per heavy atom. The Bertz CT molecular complexity index is 790. The normalized spacial score (nSPS) is 16.9. The molecule has 1 aliphatic heterocycles. The summed E-state index contributed by atoms with van der Waals surface area (Å²) < 4.78 is 10.7. The summed E-state index contributed by atoms with van der Waals surface area (Å²) in [5.41, 5.74) is 1.21. The Morgan fingerprint density at radius 3 is 2.72 bits per heavy atom. The van der Waals surface area contributed by atoms with Crippen LogP contribution < -0.4 is 19.7 Å². The van der Waals surface area contributed by atoms with Crippen LogP contribution in [0.15, 0.2) is 48.5 Å². The smallest absolute Gasteiger partial charge is 0.256 e. The topological polar surface area (TPSA) is 67.9 Å². The first-order valence-corrected chi connectivity index (χ1v) is 8.13. The first-order valence-electron chi connectivity index (χ1n) is 8.13. The molecule has 2 amide bonds. The van der Waals surface area contributed by atoms with Crippen molar-refractivity contribution in [3.63, 3.8) is 0 Å². The summed E-state index contributed by atoms with van der Waals surface area (Å²) in [4.78, 5) is 26.3. The number of benzene rings is 2. The van der Waals surface area contributed by atoms with Gasteiger partial charge in [0.1, 0.15) is 17.5 Å². The number of carbonyl (C=O) groups excluding carboxylic acids is 2. The fourth-order valence-corrected chi connectivity index (χ4v) is 2.82. The number of amides is 2. The number of ether oxygens (including phenoxy) is 2. The molecule has 2 aromatic rings. The van der Waals surface area contributed by atoms with Crippen molar-refractivity contribution in [3.8, 4) is 11.5 Å². The van der Waals surface area contributed by atoms with E-state index < -0.39 is 6.04 Å². The van der Waals surface area contributed by atoms with Crippen molar-refractivity contribution < 1.29 is 19.1 Å². The van der Waals surface area contributed by atoms with Crippen LogP contribution in [0.3, 0.4) is 0 Å². The lowest BCUT2D eigenvalue weighted by atomic mass is 10.2. The zero-order valence-corrected chi connectivity index (χ0v) is 14.2. The summed E-state index contributed by atoms with van der Waals surface area (Å²) in [6.07, 6.45) is 0.0938. The molecule has 3 rings (SSSR count). The predicted octanol–water partition coefficient (Wildman–Crippen LogP) is 2.84. The van der Waals surface area contributed by atoms with Gasteiger partial charge in [0.2, 0.25) is 5.91 Å². The van der Waals surface area contributed by atoms with Crippen LogP contribution in [-0.2, 0) is 9.59 Å². The minimum Gasteiger partial charge on any atom is -0.497 e. The second-order valence-electron chi connectivity index (χ2n) is 5.60. The van der Waals surface area contributed by atoms with Crippen molar-refractivity contribution in [2.45, 2.75) is 19.4 Å². The largest absolute Gasteiger partial charge is 0.497 e. The summed E-state index contributed by atoms with van der Waals surface area (Å²) >= 11 is 0. The number of nitrogens with one attached hydrogen (secondary N) is 1. The van der Waals surface area contributed by atoms with Gasteiger partial charge in [0.05, 0.1) is 31.5 Å². The highest BCUT2D eigenvalue weighted by Gasteiger charge is 2.40. The minimum atomic E-state index is -0.625. The lowest BCUT2D eigenvalue weighted by molar-refractivity contribution is -0.121. The van der Waals surface area contributed by atoms with E-state index in [2.05, 4.69) is 5.32 Å². The van der Waals surface area contributed by atoms with Crippen LogP contribution in [0.25, 0.3) is 0 Å². The van der Waals surface area contributed by atoms with E-state index in [-0.39, 0.29) is 18.2 Å². The molecule has 25 heavy (non-hydrogen) atoms. The van der Waals surface area contributed by atoms with Crippen molar-refractivity contribution in [1.82, 2.24) is 0 Å². The first-order chi connectivity index (χ1) is 12.1. The average molecular weight is 340 g/mol. The molecule has 0 saturated carbocycles. The predicted molar refractivity (Wildman–Crippen MR) is 95.1 cm³/mol. The van der Waals surface area contributed by atoms with Crippen LogP contribution in [0.4, 0.5) is 11.4 Å². The number of hydrogen-bond donors (Lipinski definition) is 1. The third-order valence-corrected chi connectivity index (χ3v) is 3.97. The van der Waals surface area contributed by atoms with E-state index in [0.717, 1.165) is 0 Å². The molecule has 0 aliphatic carbocycles. The number of nitrogens with zero attached hydrogens (tertiary/aromatic N) is 1. The molecule has 1 saturated heterocycles. The fraction of sp³-hybridized carbons (Fsp3) is 0.263. The Kier molecular flexibility index (Phi) is 4.88. The van der Waals surface area contributed by atoms with Crippen LogP contribution >= 0.6 is 0 Å². The molecule has 2 aromatic carbocycles. The third kappa shape index (κ3) is 3.42.